The zero-order valence-electron chi connectivity index (χ0n) is 10.7. The van der Waals surface area contributed by atoms with Crippen molar-refractivity contribution in [1.82, 2.24) is 0 Å². The molecule has 2 N–H and O–H groups in total. The first kappa shape index (κ1) is 13.1. The van der Waals surface area contributed by atoms with Gasteiger partial charge in [-0.05, 0) is 28.5 Å². The largest absolute Gasteiger partial charge is 0.320 e. The summed E-state index contributed by atoms with van der Waals surface area (Å²) in [5.74, 6) is -0.377. The van der Waals surface area contributed by atoms with Crippen LogP contribution in [0.1, 0.15) is 17.2 Å². The van der Waals surface area contributed by atoms with Crippen molar-refractivity contribution in [2.24, 2.45) is 5.73 Å². The normalized spacial score (nSPS) is 12.6. The van der Waals surface area contributed by atoms with E-state index < -0.39 is 6.04 Å². The molecule has 0 aliphatic rings. The molecule has 1 atom stereocenters. The molecule has 3 rings (SSSR count). The van der Waals surface area contributed by atoms with Crippen molar-refractivity contribution in [2.75, 3.05) is 0 Å². The van der Waals surface area contributed by atoms with Crippen LogP contribution in [0.2, 0.25) is 5.02 Å². The summed E-state index contributed by atoms with van der Waals surface area (Å²) in [7, 11) is 0. The van der Waals surface area contributed by atoms with Crippen molar-refractivity contribution in [3.05, 3.63) is 82.6 Å². The summed E-state index contributed by atoms with van der Waals surface area (Å²) in [5.41, 5.74) is 7.47. The molecule has 3 aromatic carbocycles. The van der Waals surface area contributed by atoms with E-state index in [1.807, 2.05) is 42.5 Å². The molecule has 3 heteroatoms. The van der Waals surface area contributed by atoms with Gasteiger partial charge in [0.25, 0.3) is 0 Å². The number of fused-ring (bicyclic) bond motifs is 1. The van der Waals surface area contributed by atoms with E-state index in [4.69, 9.17) is 17.3 Å². The molecule has 0 saturated heterocycles. The smallest absolute Gasteiger partial charge is 0.129 e. The second kappa shape index (κ2) is 5.23. The van der Waals surface area contributed by atoms with Crippen molar-refractivity contribution in [3.8, 4) is 0 Å². The number of hydrogen-bond donors (Lipinski definition) is 1. The van der Waals surface area contributed by atoms with Crippen molar-refractivity contribution in [2.45, 2.75) is 6.04 Å². The van der Waals surface area contributed by atoms with Gasteiger partial charge in [-0.2, -0.15) is 0 Å². The zero-order valence-corrected chi connectivity index (χ0v) is 11.4. The summed E-state index contributed by atoms with van der Waals surface area (Å²) in [6.45, 7) is 0. The summed E-state index contributed by atoms with van der Waals surface area (Å²) in [6.07, 6.45) is 0. The third-order valence-corrected chi connectivity index (χ3v) is 3.80. The molecular weight excluding hydrogens is 273 g/mol. The van der Waals surface area contributed by atoms with Gasteiger partial charge >= 0.3 is 0 Å². The highest BCUT2D eigenvalue weighted by molar-refractivity contribution is 6.31. The van der Waals surface area contributed by atoms with Crippen molar-refractivity contribution >= 4 is 22.4 Å². The Morgan fingerprint density at radius 2 is 1.60 bits per heavy atom. The SMILES string of the molecule is NC(c1c(F)cccc1Cl)c1cccc2ccccc12. The highest BCUT2D eigenvalue weighted by Crippen LogP contribution is 2.32. The van der Waals surface area contributed by atoms with Gasteiger partial charge in [0.1, 0.15) is 5.82 Å². The first-order valence-electron chi connectivity index (χ1n) is 6.35. The fourth-order valence-electron chi connectivity index (χ4n) is 2.48. The van der Waals surface area contributed by atoms with Crippen LogP contribution in [0.25, 0.3) is 10.8 Å². The molecule has 0 saturated carbocycles. The molecule has 0 spiro atoms. The van der Waals surface area contributed by atoms with Crippen LogP contribution in [0.15, 0.2) is 60.7 Å². The molecular formula is C17H13ClFN. The molecule has 100 valence electrons. The molecule has 0 aromatic heterocycles. The molecule has 0 radical (unpaired) electrons. The van der Waals surface area contributed by atoms with E-state index in [0.717, 1.165) is 16.3 Å². The van der Waals surface area contributed by atoms with Gasteiger partial charge in [-0.1, -0.05) is 60.1 Å². The molecule has 1 nitrogen and oxygen atoms in total. The number of rotatable bonds is 2. The van der Waals surface area contributed by atoms with E-state index in [9.17, 15) is 4.39 Å². The van der Waals surface area contributed by atoms with Gasteiger partial charge in [0.2, 0.25) is 0 Å². The second-order valence-electron chi connectivity index (χ2n) is 4.68. The van der Waals surface area contributed by atoms with E-state index in [0.29, 0.717) is 10.6 Å². The summed E-state index contributed by atoms with van der Waals surface area (Å²) in [6, 6.07) is 17.8. The van der Waals surface area contributed by atoms with Crippen LogP contribution >= 0.6 is 11.6 Å². The summed E-state index contributed by atoms with van der Waals surface area (Å²) in [4.78, 5) is 0. The first-order chi connectivity index (χ1) is 9.68. The van der Waals surface area contributed by atoms with Crippen LogP contribution in [0, 0.1) is 5.82 Å². The number of nitrogens with two attached hydrogens (primary N) is 1. The standard InChI is InChI=1S/C17H13ClFN/c18-14-9-4-10-15(19)16(14)17(20)13-8-3-6-11-5-1-2-7-12(11)13/h1-10,17H,20H2. The molecule has 0 bridgehead atoms. The maximum atomic E-state index is 14.0. The lowest BCUT2D eigenvalue weighted by Crippen LogP contribution is -2.14. The molecule has 0 aliphatic heterocycles. The van der Waals surface area contributed by atoms with Crippen LogP contribution in [-0.4, -0.2) is 0 Å². The maximum Gasteiger partial charge on any atom is 0.129 e. The fourth-order valence-corrected chi connectivity index (χ4v) is 2.77. The first-order valence-corrected chi connectivity index (χ1v) is 6.73. The van der Waals surface area contributed by atoms with Crippen molar-refractivity contribution < 1.29 is 4.39 Å². The monoisotopic (exact) mass is 285 g/mol. The topological polar surface area (TPSA) is 26.0 Å². The van der Waals surface area contributed by atoms with Gasteiger partial charge in [-0.15, -0.1) is 0 Å². The van der Waals surface area contributed by atoms with Crippen LogP contribution in [0.4, 0.5) is 4.39 Å². The molecule has 0 amide bonds. The lowest BCUT2D eigenvalue weighted by atomic mass is 9.94. The number of halogens is 2. The average Bonchev–Trinajstić information content (AvgIpc) is 2.46. The molecule has 0 aliphatic carbocycles. The predicted octanol–water partition coefficient (Wildman–Crippen LogP) is 4.68. The Bertz CT molecular complexity index is 744. The molecule has 0 fully saturated rings. The Morgan fingerprint density at radius 3 is 2.40 bits per heavy atom. The average molecular weight is 286 g/mol. The van der Waals surface area contributed by atoms with Crippen molar-refractivity contribution in [1.29, 1.82) is 0 Å². The van der Waals surface area contributed by atoms with Gasteiger partial charge in [0, 0.05) is 10.6 Å². The van der Waals surface area contributed by atoms with Gasteiger partial charge < -0.3 is 5.73 Å². The lowest BCUT2D eigenvalue weighted by Gasteiger charge is -2.17. The quantitative estimate of drug-likeness (QED) is 0.727. The second-order valence-corrected chi connectivity index (χ2v) is 5.09. The number of hydrogen-bond acceptors (Lipinski definition) is 1. The third-order valence-electron chi connectivity index (χ3n) is 3.47. The highest BCUT2D eigenvalue weighted by atomic mass is 35.5. The van der Waals surface area contributed by atoms with Gasteiger partial charge in [-0.25, -0.2) is 4.39 Å². The van der Waals surface area contributed by atoms with E-state index in [1.54, 1.807) is 12.1 Å². The molecule has 0 heterocycles. The molecule has 3 aromatic rings. The fraction of sp³-hybridized carbons (Fsp3) is 0.0588. The Labute approximate surface area is 121 Å². The Morgan fingerprint density at radius 1 is 0.900 bits per heavy atom. The van der Waals surface area contributed by atoms with Crippen LogP contribution in [0.5, 0.6) is 0 Å². The zero-order chi connectivity index (χ0) is 14.1. The van der Waals surface area contributed by atoms with E-state index in [-0.39, 0.29) is 5.82 Å². The highest BCUT2D eigenvalue weighted by Gasteiger charge is 2.18. The number of benzene rings is 3. The van der Waals surface area contributed by atoms with Crippen LogP contribution < -0.4 is 5.73 Å². The molecule has 20 heavy (non-hydrogen) atoms. The maximum absolute atomic E-state index is 14.0. The van der Waals surface area contributed by atoms with Gasteiger partial charge in [0.05, 0.1) is 6.04 Å². The van der Waals surface area contributed by atoms with Crippen molar-refractivity contribution in [3.63, 3.8) is 0 Å². The minimum Gasteiger partial charge on any atom is -0.320 e. The van der Waals surface area contributed by atoms with Crippen LogP contribution in [-0.2, 0) is 0 Å². The summed E-state index contributed by atoms with van der Waals surface area (Å²) >= 11 is 6.11. The summed E-state index contributed by atoms with van der Waals surface area (Å²) in [5, 5.41) is 2.44. The minimum atomic E-state index is -0.588. The van der Waals surface area contributed by atoms with Crippen LogP contribution in [0.3, 0.4) is 0 Å². The van der Waals surface area contributed by atoms with Gasteiger partial charge in [-0.3, -0.25) is 0 Å². The van der Waals surface area contributed by atoms with Gasteiger partial charge in [0.15, 0.2) is 0 Å². The lowest BCUT2D eigenvalue weighted by molar-refractivity contribution is 0.600. The molecule has 1 unspecified atom stereocenters. The predicted molar refractivity (Wildman–Crippen MR) is 81.4 cm³/mol. The Kier molecular flexibility index (Phi) is 3.43. The Hall–Kier alpha value is -1.90. The van der Waals surface area contributed by atoms with E-state index in [2.05, 4.69) is 0 Å². The Balaban J connectivity index is 2.21. The summed E-state index contributed by atoms with van der Waals surface area (Å²) < 4.78 is 14.0. The minimum absolute atomic E-state index is 0.338. The van der Waals surface area contributed by atoms with E-state index in [1.165, 1.54) is 6.07 Å². The third kappa shape index (κ3) is 2.17. The van der Waals surface area contributed by atoms with E-state index >= 15 is 0 Å².